The lowest BCUT2D eigenvalue weighted by atomic mass is 9.94. The molecular weight excluding hydrogens is 394 g/mol. The van der Waals surface area contributed by atoms with Crippen LogP contribution in [0.25, 0.3) is 10.3 Å². The van der Waals surface area contributed by atoms with E-state index in [-0.39, 0.29) is 11.8 Å². The van der Waals surface area contributed by atoms with Gasteiger partial charge in [-0.15, -0.1) is 0 Å². The number of carbonyl (C=O) groups is 2. The molecule has 9 heteroatoms. The fraction of sp³-hybridized carbons (Fsp3) is 0.158. The third kappa shape index (κ3) is 3.54. The molecule has 4 aromatic rings. The molecule has 0 atom stereocenters. The Balaban J connectivity index is 1.54. The molecule has 0 bridgehead atoms. The zero-order valence-electron chi connectivity index (χ0n) is 15.1. The van der Waals surface area contributed by atoms with Crippen molar-refractivity contribution in [2.24, 2.45) is 0 Å². The number of thiophene rings is 1. The summed E-state index contributed by atoms with van der Waals surface area (Å²) in [7, 11) is 0. The summed E-state index contributed by atoms with van der Waals surface area (Å²) in [5.41, 5.74) is 1.47. The predicted octanol–water partition coefficient (Wildman–Crippen LogP) is 4.00. The van der Waals surface area contributed by atoms with Gasteiger partial charge in [-0.3, -0.25) is 14.7 Å². The molecule has 0 unspecified atom stereocenters. The van der Waals surface area contributed by atoms with E-state index in [2.05, 4.69) is 25.8 Å². The minimum absolute atomic E-state index is 0.254. The van der Waals surface area contributed by atoms with Gasteiger partial charge in [0, 0.05) is 5.38 Å². The number of nitrogens with zero attached hydrogens (tertiary/aromatic N) is 2. The molecule has 0 saturated carbocycles. The molecule has 4 rings (SSSR count). The first kappa shape index (κ1) is 18.3. The molecule has 0 aliphatic heterocycles. The van der Waals surface area contributed by atoms with Gasteiger partial charge >= 0.3 is 0 Å². The van der Waals surface area contributed by atoms with Gasteiger partial charge in [-0.25, -0.2) is 4.98 Å². The number of aromatic nitrogens is 3. The maximum atomic E-state index is 12.7. The summed E-state index contributed by atoms with van der Waals surface area (Å²) in [4.78, 5) is 29.9. The molecule has 0 fully saturated rings. The standard InChI is InChI=1S/C19H17N5O2S2/c1-19(2,12-6-4-3-5-7-12)22-16(26)18-20-13-14(23-24-17(13)28-18)21-15(25)11-8-9-27-10-11/h3-10H,1-2H3,(H,22,26)(H2,21,23,24,25). The summed E-state index contributed by atoms with van der Waals surface area (Å²) in [5.74, 6) is -0.160. The summed E-state index contributed by atoms with van der Waals surface area (Å²) in [6.07, 6.45) is 0. The van der Waals surface area contributed by atoms with Gasteiger partial charge in [0.15, 0.2) is 15.7 Å². The summed E-state index contributed by atoms with van der Waals surface area (Å²) in [5, 5.41) is 16.6. The molecule has 0 aliphatic carbocycles. The number of hydrogen-bond acceptors (Lipinski definition) is 6. The van der Waals surface area contributed by atoms with E-state index in [9.17, 15) is 9.59 Å². The summed E-state index contributed by atoms with van der Waals surface area (Å²) >= 11 is 2.61. The van der Waals surface area contributed by atoms with Crippen molar-refractivity contribution in [3.05, 3.63) is 63.3 Å². The quantitative estimate of drug-likeness (QED) is 0.462. The summed E-state index contributed by atoms with van der Waals surface area (Å²) in [6.45, 7) is 3.87. The van der Waals surface area contributed by atoms with Crippen LogP contribution in [0.3, 0.4) is 0 Å². The largest absolute Gasteiger partial charge is 0.341 e. The first-order chi connectivity index (χ1) is 13.4. The third-order valence-electron chi connectivity index (χ3n) is 4.25. The van der Waals surface area contributed by atoms with Crippen molar-refractivity contribution >= 4 is 50.7 Å². The Morgan fingerprint density at radius 3 is 2.61 bits per heavy atom. The average Bonchev–Trinajstić information content (AvgIpc) is 3.40. The number of benzene rings is 1. The highest BCUT2D eigenvalue weighted by molar-refractivity contribution is 7.20. The van der Waals surface area contributed by atoms with Crippen LogP contribution in [0.15, 0.2) is 47.2 Å². The smallest absolute Gasteiger partial charge is 0.281 e. The molecular formula is C19H17N5O2S2. The molecule has 0 spiro atoms. The SMILES string of the molecule is CC(C)(NC(=O)c1nc2c(NC(=O)c3ccsc3)[nH]nc2s1)c1ccccc1. The van der Waals surface area contributed by atoms with Gasteiger partial charge in [0.05, 0.1) is 11.1 Å². The Bertz CT molecular complexity index is 1130. The molecule has 3 N–H and O–H groups in total. The van der Waals surface area contributed by atoms with E-state index >= 15 is 0 Å². The van der Waals surface area contributed by atoms with Crippen LogP contribution in [0.4, 0.5) is 5.82 Å². The van der Waals surface area contributed by atoms with E-state index in [4.69, 9.17) is 0 Å². The van der Waals surface area contributed by atoms with E-state index in [1.807, 2.05) is 49.6 Å². The van der Waals surface area contributed by atoms with Crippen molar-refractivity contribution in [2.75, 3.05) is 5.32 Å². The second-order valence-corrected chi connectivity index (χ2v) is 8.44. The lowest BCUT2D eigenvalue weighted by molar-refractivity contribution is 0.0911. The van der Waals surface area contributed by atoms with E-state index in [1.165, 1.54) is 22.7 Å². The second kappa shape index (κ2) is 7.17. The first-order valence-electron chi connectivity index (χ1n) is 8.50. The normalized spacial score (nSPS) is 11.5. The van der Waals surface area contributed by atoms with Crippen LogP contribution >= 0.6 is 22.7 Å². The van der Waals surface area contributed by atoms with Crippen LogP contribution in [0.1, 0.15) is 39.6 Å². The average molecular weight is 412 g/mol. The number of thiazole rings is 1. The lowest BCUT2D eigenvalue weighted by Gasteiger charge is -2.26. The number of aromatic amines is 1. The number of anilines is 1. The minimum atomic E-state index is -0.552. The molecule has 142 valence electrons. The summed E-state index contributed by atoms with van der Waals surface area (Å²) < 4.78 is 0. The Kier molecular flexibility index (Phi) is 4.70. The van der Waals surface area contributed by atoms with E-state index in [0.29, 0.717) is 26.7 Å². The second-order valence-electron chi connectivity index (χ2n) is 6.68. The molecule has 1 aromatic carbocycles. The van der Waals surface area contributed by atoms with Crippen molar-refractivity contribution in [3.8, 4) is 0 Å². The number of carbonyl (C=O) groups excluding carboxylic acids is 2. The van der Waals surface area contributed by atoms with Gasteiger partial charge in [-0.05, 0) is 30.9 Å². The molecule has 2 amide bonds. The van der Waals surface area contributed by atoms with Crippen molar-refractivity contribution in [3.63, 3.8) is 0 Å². The van der Waals surface area contributed by atoms with E-state index < -0.39 is 5.54 Å². The zero-order valence-corrected chi connectivity index (χ0v) is 16.8. The minimum Gasteiger partial charge on any atom is -0.341 e. The van der Waals surface area contributed by atoms with Crippen molar-refractivity contribution < 1.29 is 9.59 Å². The Hall–Kier alpha value is -3.04. The number of rotatable bonds is 5. The van der Waals surface area contributed by atoms with Crippen LogP contribution in [0.5, 0.6) is 0 Å². The van der Waals surface area contributed by atoms with Crippen LogP contribution in [-0.2, 0) is 5.54 Å². The van der Waals surface area contributed by atoms with Gasteiger partial charge in [0.2, 0.25) is 0 Å². The van der Waals surface area contributed by atoms with Crippen LogP contribution in [0, 0.1) is 0 Å². The zero-order chi connectivity index (χ0) is 19.7. The molecule has 3 aromatic heterocycles. The fourth-order valence-corrected chi connectivity index (χ4v) is 4.17. The van der Waals surface area contributed by atoms with Crippen molar-refractivity contribution in [1.29, 1.82) is 0 Å². The molecule has 7 nitrogen and oxygen atoms in total. The van der Waals surface area contributed by atoms with Crippen LogP contribution in [0.2, 0.25) is 0 Å². The molecule has 0 saturated heterocycles. The monoisotopic (exact) mass is 411 g/mol. The number of nitrogens with one attached hydrogen (secondary N) is 3. The number of H-pyrrole nitrogens is 1. The highest BCUT2D eigenvalue weighted by atomic mass is 32.1. The lowest BCUT2D eigenvalue weighted by Crippen LogP contribution is -2.40. The van der Waals surface area contributed by atoms with Crippen LogP contribution < -0.4 is 10.6 Å². The van der Waals surface area contributed by atoms with Gasteiger partial charge in [0.1, 0.15) is 5.52 Å². The number of fused-ring (bicyclic) bond motifs is 1. The third-order valence-corrected chi connectivity index (χ3v) is 5.88. The van der Waals surface area contributed by atoms with Gasteiger partial charge < -0.3 is 10.6 Å². The van der Waals surface area contributed by atoms with Gasteiger partial charge in [-0.2, -0.15) is 16.4 Å². The maximum absolute atomic E-state index is 12.7. The highest BCUT2D eigenvalue weighted by Crippen LogP contribution is 2.27. The Labute approximate surface area is 168 Å². The number of amides is 2. The first-order valence-corrected chi connectivity index (χ1v) is 10.3. The Morgan fingerprint density at radius 1 is 1.11 bits per heavy atom. The van der Waals surface area contributed by atoms with Crippen molar-refractivity contribution in [2.45, 2.75) is 19.4 Å². The van der Waals surface area contributed by atoms with E-state index in [1.54, 1.807) is 11.4 Å². The molecule has 3 heterocycles. The van der Waals surface area contributed by atoms with Gasteiger partial charge in [0.25, 0.3) is 11.8 Å². The maximum Gasteiger partial charge on any atom is 0.281 e. The summed E-state index contributed by atoms with van der Waals surface area (Å²) in [6, 6.07) is 11.5. The fourth-order valence-electron chi connectivity index (χ4n) is 2.74. The number of hydrogen-bond donors (Lipinski definition) is 3. The molecule has 0 aliphatic rings. The van der Waals surface area contributed by atoms with Crippen molar-refractivity contribution in [1.82, 2.24) is 20.5 Å². The topological polar surface area (TPSA) is 99.8 Å². The van der Waals surface area contributed by atoms with E-state index in [0.717, 1.165) is 5.56 Å². The highest BCUT2D eigenvalue weighted by Gasteiger charge is 2.26. The van der Waals surface area contributed by atoms with Crippen LogP contribution in [-0.4, -0.2) is 27.0 Å². The molecule has 28 heavy (non-hydrogen) atoms. The predicted molar refractivity (Wildman–Crippen MR) is 111 cm³/mol. The van der Waals surface area contributed by atoms with Gasteiger partial charge in [-0.1, -0.05) is 41.7 Å². The Morgan fingerprint density at radius 2 is 1.89 bits per heavy atom. The molecule has 0 radical (unpaired) electrons.